The Balaban J connectivity index is 1.45. The van der Waals surface area contributed by atoms with Gasteiger partial charge in [-0.3, -0.25) is 4.79 Å². The van der Waals surface area contributed by atoms with Crippen LogP contribution in [0.5, 0.6) is 5.75 Å². The molecule has 0 saturated carbocycles. The maximum Gasteiger partial charge on any atom is 0.331 e. The zero-order valence-electron chi connectivity index (χ0n) is 20.4. The first-order valence-corrected chi connectivity index (χ1v) is 13.3. The van der Waals surface area contributed by atoms with Crippen molar-refractivity contribution in [3.8, 4) is 5.75 Å². The van der Waals surface area contributed by atoms with Gasteiger partial charge in [-0.2, -0.15) is 4.31 Å². The third-order valence-corrected chi connectivity index (χ3v) is 8.12. The quantitative estimate of drug-likeness (QED) is 0.413. The van der Waals surface area contributed by atoms with Crippen LogP contribution in [0.15, 0.2) is 53.4 Å². The average Bonchev–Trinajstić information content (AvgIpc) is 2.91. The van der Waals surface area contributed by atoms with E-state index in [0.717, 1.165) is 24.1 Å². The summed E-state index contributed by atoms with van der Waals surface area (Å²) in [6.45, 7) is 3.28. The summed E-state index contributed by atoms with van der Waals surface area (Å²) in [6.07, 6.45) is 3.41. The molecule has 2 aromatic carbocycles. The van der Waals surface area contributed by atoms with E-state index < -0.39 is 22.1 Å². The van der Waals surface area contributed by atoms with Crippen molar-refractivity contribution >= 4 is 33.7 Å². The van der Waals surface area contributed by atoms with Gasteiger partial charge in [0.25, 0.3) is 5.91 Å². The second kappa shape index (κ2) is 11.2. The molecule has 10 heteroatoms. The molecule has 2 heterocycles. The lowest BCUT2D eigenvalue weighted by atomic mass is 10.0. The number of nitrogens with zero attached hydrogens (tertiary/aromatic N) is 2. The third-order valence-electron chi connectivity index (χ3n) is 6.20. The monoisotopic (exact) mass is 514 g/mol. The van der Waals surface area contributed by atoms with Crippen LogP contribution in [0.2, 0.25) is 0 Å². The first kappa shape index (κ1) is 25.9. The second-order valence-electron chi connectivity index (χ2n) is 8.56. The van der Waals surface area contributed by atoms with Crippen molar-refractivity contribution in [1.29, 1.82) is 0 Å². The Morgan fingerprint density at radius 2 is 1.83 bits per heavy atom. The largest absolute Gasteiger partial charge is 0.495 e. The van der Waals surface area contributed by atoms with E-state index >= 15 is 0 Å². The van der Waals surface area contributed by atoms with Gasteiger partial charge >= 0.3 is 5.97 Å². The van der Waals surface area contributed by atoms with E-state index in [2.05, 4.69) is 0 Å². The summed E-state index contributed by atoms with van der Waals surface area (Å²) in [4.78, 5) is 27.1. The Morgan fingerprint density at radius 1 is 1.08 bits per heavy atom. The molecule has 2 aliphatic heterocycles. The Hall–Kier alpha value is -3.21. The number of hydrogen-bond acceptors (Lipinski definition) is 7. The predicted octanol–water partition coefficient (Wildman–Crippen LogP) is 2.64. The van der Waals surface area contributed by atoms with Gasteiger partial charge in [0, 0.05) is 31.4 Å². The average molecular weight is 515 g/mol. The van der Waals surface area contributed by atoms with Gasteiger partial charge < -0.3 is 19.1 Å². The molecular weight excluding hydrogens is 484 g/mol. The summed E-state index contributed by atoms with van der Waals surface area (Å²) in [7, 11) is -2.40. The summed E-state index contributed by atoms with van der Waals surface area (Å²) in [5.41, 5.74) is 2.42. The van der Waals surface area contributed by atoms with E-state index in [4.69, 9.17) is 14.2 Å². The summed E-state index contributed by atoms with van der Waals surface area (Å²) >= 11 is 0. The molecule has 1 amide bonds. The van der Waals surface area contributed by atoms with Gasteiger partial charge in [-0.15, -0.1) is 0 Å². The van der Waals surface area contributed by atoms with Gasteiger partial charge in [-0.25, -0.2) is 13.2 Å². The van der Waals surface area contributed by atoms with Crippen LogP contribution in [-0.4, -0.2) is 70.7 Å². The molecular formula is C26H30N2O7S. The number of rotatable bonds is 7. The summed E-state index contributed by atoms with van der Waals surface area (Å²) in [5.74, 6) is -0.774. The molecule has 0 radical (unpaired) electrons. The molecule has 2 aliphatic rings. The van der Waals surface area contributed by atoms with Crippen LogP contribution in [0.4, 0.5) is 5.69 Å². The number of para-hydroxylation sites is 1. The zero-order chi connectivity index (χ0) is 25.7. The SMILES string of the molecule is COc1ccc(/C=C/C(=O)OC(C)C(=O)N2CCCc3ccccc32)cc1S(=O)(=O)N1CCOCC1. The number of ether oxygens (including phenoxy) is 3. The standard InChI is InChI=1S/C26H30N2O7S/c1-19(26(30)28-13-5-7-21-6-3-4-8-22(21)28)35-25(29)12-10-20-9-11-23(33-2)24(18-20)36(31,32)27-14-16-34-17-15-27/h3-4,6,8-12,18-19H,5,7,13-17H2,1-2H3/b12-10+. The fourth-order valence-corrected chi connectivity index (χ4v) is 5.93. The van der Waals surface area contributed by atoms with E-state index in [-0.39, 0.29) is 29.6 Å². The maximum atomic E-state index is 13.1. The second-order valence-corrected chi connectivity index (χ2v) is 10.5. The van der Waals surface area contributed by atoms with E-state index in [1.165, 1.54) is 35.7 Å². The molecule has 4 rings (SSSR count). The number of carbonyl (C=O) groups excluding carboxylic acids is 2. The van der Waals surface area contributed by atoms with Crippen molar-refractivity contribution in [2.24, 2.45) is 0 Å². The number of esters is 1. The molecule has 9 nitrogen and oxygen atoms in total. The zero-order valence-corrected chi connectivity index (χ0v) is 21.2. The van der Waals surface area contributed by atoms with Crippen LogP contribution < -0.4 is 9.64 Å². The van der Waals surface area contributed by atoms with Crippen molar-refractivity contribution in [2.75, 3.05) is 44.9 Å². The molecule has 2 aromatic rings. The topological polar surface area (TPSA) is 102 Å². The van der Waals surface area contributed by atoms with Gasteiger partial charge in [-0.05, 0) is 55.2 Å². The molecule has 0 aliphatic carbocycles. The predicted molar refractivity (Wildman–Crippen MR) is 134 cm³/mol. The minimum atomic E-state index is -3.80. The lowest BCUT2D eigenvalue weighted by Gasteiger charge is -2.31. The van der Waals surface area contributed by atoms with Crippen molar-refractivity contribution in [1.82, 2.24) is 4.31 Å². The number of benzene rings is 2. The molecule has 1 fully saturated rings. The van der Waals surface area contributed by atoms with Gasteiger partial charge in [0.2, 0.25) is 10.0 Å². The molecule has 1 unspecified atom stereocenters. The summed E-state index contributed by atoms with van der Waals surface area (Å²) < 4.78 is 43.5. The number of methoxy groups -OCH3 is 1. The Labute approximate surface area is 211 Å². The minimum Gasteiger partial charge on any atom is -0.495 e. The third kappa shape index (κ3) is 5.61. The fraction of sp³-hybridized carbons (Fsp3) is 0.385. The molecule has 0 aromatic heterocycles. The lowest BCUT2D eigenvalue weighted by Crippen LogP contribution is -2.42. The van der Waals surface area contributed by atoms with Crippen molar-refractivity contribution in [3.05, 3.63) is 59.7 Å². The maximum absolute atomic E-state index is 13.1. The highest BCUT2D eigenvalue weighted by atomic mass is 32.2. The van der Waals surface area contributed by atoms with Crippen LogP contribution in [0, 0.1) is 0 Å². The van der Waals surface area contributed by atoms with Crippen LogP contribution in [-0.2, 0) is 35.5 Å². The van der Waals surface area contributed by atoms with Crippen LogP contribution in [0.25, 0.3) is 6.08 Å². The highest BCUT2D eigenvalue weighted by molar-refractivity contribution is 7.89. The van der Waals surface area contributed by atoms with Gasteiger partial charge in [0.05, 0.1) is 20.3 Å². The van der Waals surface area contributed by atoms with Crippen LogP contribution in [0.1, 0.15) is 24.5 Å². The lowest BCUT2D eigenvalue weighted by molar-refractivity contribution is -0.149. The van der Waals surface area contributed by atoms with E-state index in [1.54, 1.807) is 17.9 Å². The molecule has 0 bridgehead atoms. The number of hydrogen-bond donors (Lipinski definition) is 0. The van der Waals surface area contributed by atoms with E-state index in [1.807, 2.05) is 24.3 Å². The van der Waals surface area contributed by atoms with Crippen molar-refractivity contribution in [2.45, 2.75) is 30.8 Å². The molecule has 36 heavy (non-hydrogen) atoms. The number of aryl methyl sites for hydroxylation is 1. The Kier molecular flexibility index (Phi) is 8.07. The van der Waals surface area contributed by atoms with E-state index in [9.17, 15) is 18.0 Å². The number of sulfonamides is 1. The van der Waals surface area contributed by atoms with E-state index in [0.29, 0.717) is 25.3 Å². The normalized spacial score (nSPS) is 17.4. The number of fused-ring (bicyclic) bond motifs is 1. The minimum absolute atomic E-state index is 0.00901. The molecule has 0 spiro atoms. The first-order chi connectivity index (χ1) is 17.3. The number of carbonyl (C=O) groups is 2. The number of anilines is 1. The summed E-state index contributed by atoms with van der Waals surface area (Å²) in [5, 5.41) is 0. The molecule has 192 valence electrons. The molecule has 1 saturated heterocycles. The van der Waals surface area contributed by atoms with Gasteiger partial charge in [0.15, 0.2) is 6.10 Å². The number of morpholine rings is 1. The van der Waals surface area contributed by atoms with Gasteiger partial charge in [-0.1, -0.05) is 24.3 Å². The van der Waals surface area contributed by atoms with Crippen LogP contribution >= 0.6 is 0 Å². The Morgan fingerprint density at radius 3 is 2.58 bits per heavy atom. The van der Waals surface area contributed by atoms with Gasteiger partial charge in [0.1, 0.15) is 10.6 Å². The molecule has 1 atom stereocenters. The highest BCUT2D eigenvalue weighted by Gasteiger charge is 2.30. The Bertz CT molecular complexity index is 1250. The number of amides is 1. The highest BCUT2D eigenvalue weighted by Crippen LogP contribution is 2.29. The smallest absolute Gasteiger partial charge is 0.331 e. The van der Waals surface area contributed by atoms with Crippen LogP contribution in [0.3, 0.4) is 0 Å². The van der Waals surface area contributed by atoms with Crippen molar-refractivity contribution in [3.63, 3.8) is 0 Å². The fourth-order valence-electron chi connectivity index (χ4n) is 4.33. The summed E-state index contributed by atoms with van der Waals surface area (Å²) in [6, 6.07) is 12.3. The first-order valence-electron chi connectivity index (χ1n) is 11.8. The van der Waals surface area contributed by atoms with Crippen molar-refractivity contribution < 1.29 is 32.2 Å². The molecule has 0 N–H and O–H groups in total.